The van der Waals surface area contributed by atoms with Gasteiger partial charge in [0.15, 0.2) is 0 Å². The van der Waals surface area contributed by atoms with Crippen LogP contribution in [-0.4, -0.2) is 9.97 Å². The Bertz CT molecular complexity index is 476. The molecule has 2 rings (SSSR count). The van der Waals surface area contributed by atoms with Crippen LogP contribution in [0.4, 0.5) is 0 Å². The molecule has 3 nitrogen and oxygen atoms in total. The standard InChI is InChI=1S/C11H12BrN3/c1-7-14-6-11(15-7)8-2-3-10(12)9(4-8)5-13/h2-4,6H,5,13H2,1H3,(H,14,15). The highest BCUT2D eigenvalue weighted by Gasteiger charge is 2.04. The highest BCUT2D eigenvalue weighted by Crippen LogP contribution is 2.24. The predicted octanol–water partition coefficient (Wildman–Crippen LogP) is 2.61. The van der Waals surface area contributed by atoms with Crippen molar-refractivity contribution in [2.45, 2.75) is 13.5 Å². The summed E-state index contributed by atoms with van der Waals surface area (Å²) in [5, 5.41) is 0. The number of aromatic amines is 1. The number of nitrogens with two attached hydrogens (primary N) is 1. The van der Waals surface area contributed by atoms with Crippen LogP contribution in [0.3, 0.4) is 0 Å². The zero-order valence-electron chi connectivity index (χ0n) is 8.42. The van der Waals surface area contributed by atoms with E-state index in [2.05, 4.69) is 32.0 Å². The van der Waals surface area contributed by atoms with Crippen LogP contribution in [0.2, 0.25) is 0 Å². The van der Waals surface area contributed by atoms with Crippen molar-refractivity contribution in [2.75, 3.05) is 0 Å². The number of rotatable bonds is 2. The van der Waals surface area contributed by atoms with Gasteiger partial charge >= 0.3 is 0 Å². The molecular formula is C11H12BrN3. The summed E-state index contributed by atoms with van der Waals surface area (Å²) >= 11 is 3.46. The van der Waals surface area contributed by atoms with Crippen molar-refractivity contribution >= 4 is 15.9 Å². The summed E-state index contributed by atoms with van der Waals surface area (Å²) in [5.74, 6) is 0.919. The van der Waals surface area contributed by atoms with E-state index < -0.39 is 0 Å². The summed E-state index contributed by atoms with van der Waals surface area (Å²) in [6.45, 7) is 2.47. The fourth-order valence-corrected chi connectivity index (χ4v) is 1.87. The molecule has 15 heavy (non-hydrogen) atoms. The number of nitrogens with one attached hydrogen (secondary N) is 1. The minimum absolute atomic E-state index is 0.529. The minimum atomic E-state index is 0.529. The average molecular weight is 266 g/mol. The number of nitrogens with zero attached hydrogens (tertiary/aromatic N) is 1. The smallest absolute Gasteiger partial charge is 0.103 e. The zero-order chi connectivity index (χ0) is 10.8. The monoisotopic (exact) mass is 265 g/mol. The lowest BCUT2D eigenvalue weighted by Crippen LogP contribution is -1.97. The number of benzene rings is 1. The summed E-state index contributed by atoms with van der Waals surface area (Å²) < 4.78 is 1.05. The normalized spacial score (nSPS) is 10.6. The van der Waals surface area contributed by atoms with E-state index in [-0.39, 0.29) is 0 Å². The van der Waals surface area contributed by atoms with Crippen molar-refractivity contribution < 1.29 is 0 Å². The van der Waals surface area contributed by atoms with Crippen LogP contribution >= 0.6 is 15.9 Å². The van der Waals surface area contributed by atoms with Crippen LogP contribution in [0.5, 0.6) is 0 Å². The molecule has 0 unspecified atom stereocenters. The summed E-state index contributed by atoms with van der Waals surface area (Å²) in [4.78, 5) is 7.37. The summed E-state index contributed by atoms with van der Waals surface area (Å²) in [6, 6.07) is 6.11. The maximum atomic E-state index is 5.65. The molecule has 78 valence electrons. The molecule has 1 heterocycles. The Morgan fingerprint density at radius 2 is 2.27 bits per heavy atom. The first-order valence-corrected chi connectivity index (χ1v) is 5.50. The molecular weight excluding hydrogens is 254 g/mol. The maximum absolute atomic E-state index is 5.65. The Balaban J connectivity index is 2.45. The van der Waals surface area contributed by atoms with Gasteiger partial charge in [-0.25, -0.2) is 4.98 Å². The molecule has 0 spiro atoms. The van der Waals surface area contributed by atoms with Gasteiger partial charge in [-0.15, -0.1) is 0 Å². The Labute approximate surface area is 96.9 Å². The van der Waals surface area contributed by atoms with E-state index >= 15 is 0 Å². The van der Waals surface area contributed by atoms with Crippen LogP contribution in [0, 0.1) is 6.92 Å². The van der Waals surface area contributed by atoms with Gasteiger partial charge in [0.1, 0.15) is 5.82 Å². The lowest BCUT2D eigenvalue weighted by Gasteiger charge is -2.04. The van der Waals surface area contributed by atoms with Crippen molar-refractivity contribution in [3.8, 4) is 11.3 Å². The third-order valence-electron chi connectivity index (χ3n) is 2.28. The van der Waals surface area contributed by atoms with Crippen molar-refractivity contribution in [1.82, 2.24) is 9.97 Å². The molecule has 4 heteroatoms. The molecule has 0 radical (unpaired) electrons. The number of aromatic nitrogens is 2. The quantitative estimate of drug-likeness (QED) is 0.877. The second-order valence-electron chi connectivity index (χ2n) is 3.39. The first kappa shape index (κ1) is 10.4. The van der Waals surface area contributed by atoms with Crippen LogP contribution in [0.25, 0.3) is 11.3 Å². The van der Waals surface area contributed by atoms with Gasteiger partial charge in [0.25, 0.3) is 0 Å². The second-order valence-corrected chi connectivity index (χ2v) is 4.25. The molecule has 0 atom stereocenters. The molecule has 0 aliphatic carbocycles. The highest BCUT2D eigenvalue weighted by molar-refractivity contribution is 9.10. The number of H-pyrrole nitrogens is 1. The van der Waals surface area contributed by atoms with Gasteiger partial charge in [-0.3, -0.25) is 0 Å². The first-order chi connectivity index (χ1) is 7.20. The van der Waals surface area contributed by atoms with Crippen molar-refractivity contribution in [3.05, 3.63) is 40.3 Å². The molecule has 2 aromatic rings. The Morgan fingerprint density at radius 1 is 1.47 bits per heavy atom. The SMILES string of the molecule is Cc1ncc(-c2ccc(Br)c(CN)c2)[nH]1. The Hall–Kier alpha value is -1.13. The number of hydrogen-bond acceptors (Lipinski definition) is 2. The average Bonchev–Trinajstić information content (AvgIpc) is 2.66. The lowest BCUT2D eigenvalue weighted by molar-refractivity contribution is 1.06. The van der Waals surface area contributed by atoms with Crippen LogP contribution in [0.1, 0.15) is 11.4 Å². The molecule has 0 saturated heterocycles. The Kier molecular flexibility index (Phi) is 2.88. The number of aryl methyl sites for hydroxylation is 1. The molecule has 0 aliphatic rings. The molecule has 0 fully saturated rings. The first-order valence-electron chi connectivity index (χ1n) is 4.71. The van der Waals surface area contributed by atoms with E-state index in [0.29, 0.717) is 6.54 Å². The molecule has 0 amide bonds. The van der Waals surface area contributed by atoms with Gasteiger partial charge in [0.05, 0.1) is 11.9 Å². The number of imidazole rings is 1. The minimum Gasteiger partial charge on any atom is -0.342 e. The van der Waals surface area contributed by atoms with Crippen molar-refractivity contribution in [2.24, 2.45) is 5.73 Å². The third kappa shape index (κ3) is 2.11. The van der Waals surface area contributed by atoms with Gasteiger partial charge in [-0.05, 0) is 30.2 Å². The van der Waals surface area contributed by atoms with Crippen LogP contribution in [-0.2, 0) is 6.54 Å². The van der Waals surface area contributed by atoms with Gasteiger partial charge < -0.3 is 10.7 Å². The van der Waals surface area contributed by atoms with Gasteiger partial charge in [0.2, 0.25) is 0 Å². The fraction of sp³-hybridized carbons (Fsp3) is 0.182. The van der Waals surface area contributed by atoms with Crippen molar-refractivity contribution in [1.29, 1.82) is 0 Å². The van der Waals surface area contributed by atoms with E-state index in [4.69, 9.17) is 5.73 Å². The van der Waals surface area contributed by atoms with Crippen molar-refractivity contribution in [3.63, 3.8) is 0 Å². The molecule has 0 saturated carbocycles. The van der Waals surface area contributed by atoms with Crippen LogP contribution < -0.4 is 5.73 Å². The topological polar surface area (TPSA) is 54.7 Å². The van der Waals surface area contributed by atoms with E-state index in [9.17, 15) is 0 Å². The zero-order valence-corrected chi connectivity index (χ0v) is 10.0. The molecule has 3 N–H and O–H groups in total. The fourth-order valence-electron chi connectivity index (χ4n) is 1.47. The Morgan fingerprint density at radius 3 is 2.87 bits per heavy atom. The van der Waals surface area contributed by atoms with E-state index in [1.165, 1.54) is 0 Å². The lowest BCUT2D eigenvalue weighted by atomic mass is 10.1. The van der Waals surface area contributed by atoms with Gasteiger partial charge in [0, 0.05) is 11.0 Å². The second kappa shape index (κ2) is 4.16. The van der Waals surface area contributed by atoms with Gasteiger partial charge in [-0.1, -0.05) is 22.0 Å². The molecule has 0 aliphatic heterocycles. The maximum Gasteiger partial charge on any atom is 0.103 e. The molecule has 1 aromatic heterocycles. The largest absolute Gasteiger partial charge is 0.342 e. The van der Waals surface area contributed by atoms with E-state index in [0.717, 1.165) is 27.1 Å². The molecule has 0 bridgehead atoms. The predicted molar refractivity (Wildman–Crippen MR) is 64.4 cm³/mol. The van der Waals surface area contributed by atoms with Gasteiger partial charge in [-0.2, -0.15) is 0 Å². The summed E-state index contributed by atoms with van der Waals surface area (Å²) in [5.41, 5.74) is 8.88. The number of hydrogen-bond donors (Lipinski definition) is 2. The van der Waals surface area contributed by atoms with Crippen LogP contribution in [0.15, 0.2) is 28.9 Å². The number of halogens is 1. The van der Waals surface area contributed by atoms with E-state index in [1.54, 1.807) is 0 Å². The summed E-state index contributed by atoms with van der Waals surface area (Å²) in [7, 11) is 0. The van der Waals surface area contributed by atoms with E-state index in [1.807, 2.05) is 25.3 Å². The molecule has 1 aromatic carbocycles. The highest BCUT2D eigenvalue weighted by atomic mass is 79.9. The summed E-state index contributed by atoms with van der Waals surface area (Å²) in [6.07, 6.45) is 1.83. The third-order valence-corrected chi connectivity index (χ3v) is 3.05.